The van der Waals surface area contributed by atoms with E-state index in [1.165, 1.54) is 0 Å². The van der Waals surface area contributed by atoms with Crippen LogP contribution in [-0.2, 0) is 17.1 Å². The van der Waals surface area contributed by atoms with Gasteiger partial charge in [-0.15, -0.1) is 0 Å². The van der Waals surface area contributed by atoms with Gasteiger partial charge in [-0.1, -0.05) is 23.2 Å². The Morgan fingerprint density at radius 3 is 1.60 bits per heavy atom. The van der Waals surface area contributed by atoms with Crippen LogP contribution in [0.25, 0.3) is 89.4 Å². The van der Waals surface area contributed by atoms with Crippen LogP contribution >= 0.6 is 167 Å². The SMILES string of the molecule is Clc1c(Br)c(Br)cc2c1-c1cc-2nc2[n-]c(nc3nc(nc4[n-]c(n1)c1c(Br)c(Br)c(Br)cc41)-c1cc(Br)c(Br)c(Cl)c1-3)c1cc(Br)c(Br)cc21.[Cu+2]. The van der Waals surface area contributed by atoms with Crippen molar-refractivity contribution in [3.63, 3.8) is 0 Å². The van der Waals surface area contributed by atoms with Crippen molar-refractivity contribution in [3.05, 3.63) is 86.7 Å². The van der Waals surface area contributed by atoms with Gasteiger partial charge in [0.25, 0.3) is 0 Å². The Balaban J connectivity index is 0.00000387. The standard InChI is InChI=1S/C33H6Br9Cl2N7.Cu/c34-12-1-7-8(2-13(12)35)29-47-28(7)45-17-6-18(19-9(17)3-15(37)23(40)26(19)43)46-32-20-10(4-14(36)22(39)25(20)42)30(50-32)48-31-11-5-16(38)24(41)27(44)21(11)33(49-29)51-31;/h1-6H;/q-2;+2. The Bertz CT molecular complexity index is 2960. The summed E-state index contributed by atoms with van der Waals surface area (Å²) in [6.07, 6.45) is 0. The van der Waals surface area contributed by atoms with Gasteiger partial charge in [-0.05, 0) is 201 Å². The molecule has 0 fully saturated rings. The van der Waals surface area contributed by atoms with Gasteiger partial charge in [0, 0.05) is 87.4 Å². The summed E-state index contributed by atoms with van der Waals surface area (Å²) in [5.41, 5.74) is 5.57. The molecule has 52 heavy (non-hydrogen) atoms. The molecule has 1 aliphatic heterocycles. The second-order valence-corrected chi connectivity index (χ2v) is 19.4. The topological polar surface area (TPSA) is 92.6 Å². The fourth-order valence-corrected chi connectivity index (χ4v) is 10.6. The Hall–Kier alpha value is -0.271. The molecular weight excluding hydrogens is 1350 g/mol. The Labute approximate surface area is 389 Å². The molecule has 3 aromatic heterocycles. The molecule has 9 rings (SSSR count). The number of aromatic nitrogens is 7. The van der Waals surface area contributed by atoms with Gasteiger partial charge < -0.3 is 29.9 Å². The fraction of sp³-hybridized carbons (Fsp3) is 0. The third-order valence-electron chi connectivity index (χ3n) is 8.28. The number of hydrogen-bond acceptors (Lipinski definition) is 5. The van der Waals surface area contributed by atoms with E-state index in [9.17, 15) is 0 Å². The van der Waals surface area contributed by atoms with Crippen LogP contribution in [0.15, 0.2) is 76.7 Å². The fourth-order valence-electron chi connectivity index (χ4n) is 5.99. The molecule has 0 saturated heterocycles. The number of rotatable bonds is 0. The quantitative estimate of drug-likeness (QED) is 0.110. The van der Waals surface area contributed by atoms with Gasteiger partial charge in [0.15, 0.2) is 0 Å². The number of fused-ring (bicyclic) bond motifs is 20. The van der Waals surface area contributed by atoms with Crippen LogP contribution in [0.4, 0.5) is 0 Å². The first kappa shape index (κ1) is 38.6. The van der Waals surface area contributed by atoms with Crippen molar-refractivity contribution >= 4 is 211 Å². The van der Waals surface area contributed by atoms with Crippen LogP contribution in [0.3, 0.4) is 0 Å². The van der Waals surface area contributed by atoms with Gasteiger partial charge in [-0.2, -0.15) is 0 Å². The van der Waals surface area contributed by atoms with Crippen LogP contribution in [-0.4, -0.2) is 24.9 Å². The van der Waals surface area contributed by atoms with Gasteiger partial charge in [-0.3, -0.25) is 0 Å². The van der Waals surface area contributed by atoms with E-state index in [1.807, 2.05) is 36.4 Å². The summed E-state index contributed by atoms with van der Waals surface area (Å²) in [6.45, 7) is 0. The van der Waals surface area contributed by atoms with Gasteiger partial charge >= 0.3 is 17.1 Å². The molecular formula is C33H6Br9Cl2CuN7. The van der Waals surface area contributed by atoms with Crippen LogP contribution in [0.5, 0.6) is 0 Å². The molecule has 7 nitrogen and oxygen atoms in total. The Morgan fingerprint density at radius 2 is 0.923 bits per heavy atom. The Kier molecular flexibility index (Phi) is 10.6. The number of hydrogen-bond donors (Lipinski definition) is 0. The van der Waals surface area contributed by atoms with Gasteiger partial charge in [-0.25, -0.2) is 4.98 Å². The minimum absolute atomic E-state index is 0. The van der Waals surface area contributed by atoms with E-state index in [0.29, 0.717) is 81.3 Å². The maximum absolute atomic E-state index is 7.05. The van der Waals surface area contributed by atoms with Crippen molar-refractivity contribution in [1.82, 2.24) is 34.9 Å². The number of halogens is 11. The second kappa shape index (κ2) is 14.3. The van der Waals surface area contributed by atoms with Crippen molar-refractivity contribution in [2.75, 3.05) is 0 Å². The van der Waals surface area contributed by atoms with Crippen molar-refractivity contribution in [1.29, 1.82) is 0 Å². The molecule has 0 amide bonds. The smallest absolute Gasteiger partial charge is 0.360 e. The van der Waals surface area contributed by atoms with Gasteiger partial charge in [0.2, 0.25) is 0 Å². The first-order chi connectivity index (χ1) is 24.3. The molecule has 4 heterocycles. The second-order valence-electron chi connectivity index (χ2n) is 11.2. The summed E-state index contributed by atoms with van der Waals surface area (Å²) in [4.78, 5) is 35.3. The predicted molar refractivity (Wildman–Crippen MR) is 236 cm³/mol. The maximum atomic E-state index is 7.05. The third kappa shape index (κ3) is 6.05. The molecule has 19 heteroatoms. The van der Waals surface area contributed by atoms with E-state index in [0.717, 1.165) is 58.4 Å². The largest absolute Gasteiger partial charge is 2.00 e. The Morgan fingerprint density at radius 1 is 0.423 bits per heavy atom. The molecule has 0 unspecified atom stereocenters. The zero-order valence-electron chi connectivity index (χ0n) is 24.6. The average Bonchev–Trinajstić information content (AvgIpc) is 3.80. The summed E-state index contributed by atoms with van der Waals surface area (Å²) in [7, 11) is 0. The van der Waals surface area contributed by atoms with Crippen molar-refractivity contribution < 1.29 is 17.1 Å². The van der Waals surface area contributed by atoms with Crippen LogP contribution in [0, 0.1) is 0 Å². The van der Waals surface area contributed by atoms with Crippen molar-refractivity contribution in [3.8, 4) is 45.3 Å². The molecule has 1 aliphatic carbocycles. The maximum Gasteiger partial charge on any atom is 2.00 e. The average molecular weight is 1350 g/mol. The molecule has 0 spiro atoms. The van der Waals surface area contributed by atoms with E-state index in [4.69, 9.17) is 58.1 Å². The molecule has 7 aromatic rings. The first-order valence-corrected chi connectivity index (χ1v) is 22.1. The predicted octanol–water partition coefficient (Wildman–Crippen LogP) is 14.9. The molecule has 0 N–H and O–H groups in total. The minimum atomic E-state index is 0. The van der Waals surface area contributed by atoms with E-state index in [1.54, 1.807) is 0 Å². The molecule has 0 atom stereocenters. The molecule has 2 aliphatic rings. The monoisotopic (exact) mass is 1340 g/mol. The zero-order chi connectivity index (χ0) is 35.8. The van der Waals surface area contributed by atoms with E-state index >= 15 is 0 Å². The molecule has 8 bridgehead atoms. The third-order valence-corrected chi connectivity index (χ3v) is 18.6. The number of nitrogens with zero attached hydrogens (tertiary/aromatic N) is 7. The normalized spacial score (nSPS) is 12.0. The minimum Gasteiger partial charge on any atom is -0.360 e. The molecule has 4 aromatic carbocycles. The van der Waals surface area contributed by atoms with Crippen molar-refractivity contribution in [2.24, 2.45) is 0 Å². The molecule has 0 saturated carbocycles. The molecule has 1 radical (unpaired) electrons. The summed E-state index contributed by atoms with van der Waals surface area (Å²) < 4.78 is 6.83. The summed E-state index contributed by atoms with van der Waals surface area (Å²) in [5.74, 6) is 0.709. The van der Waals surface area contributed by atoms with Gasteiger partial charge in [0.05, 0.1) is 30.6 Å². The van der Waals surface area contributed by atoms with Crippen molar-refractivity contribution in [2.45, 2.75) is 0 Å². The van der Waals surface area contributed by atoms with Gasteiger partial charge in [0.1, 0.15) is 0 Å². The zero-order valence-corrected chi connectivity index (χ0v) is 41.3. The van der Waals surface area contributed by atoms with Crippen LogP contribution < -0.4 is 9.97 Å². The first-order valence-electron chi connectivity index (χ1n) is 14.2. The van der Waals surface area contributed by atoms with E-state index in [-0.39, 0.29) is 17.1 Å². The molecule has 261 valence electrons. The summed E-state index contributed by atoms with van der Waals surface area (Å²) in [6, 6.07) is 11.6. The summed E-state index contributed by atoms with van der Waals surface area (Å²) in [5, 5.41) is 3.88. The van der Waals surface area contributed by atoms with Crippen LogP contribution in [0.1, 0.15) is 0 Å². The summed E-state index contributed by atoms with van der Waals surface area (Å²) >= 11 is 47.1. The number of benzene rings is 4. The van der Waals surface area contributed by atoms with Crippen LogP contribution in [0.2, 0.25) is 10.0 Å². The van der Waals surface area contributed by atoms with E-state index < -0.39 is 0 Å². The van der Waals surface area contributed by atoms with E-state index in [2.05, 4.69) is 143 Å².